The van der Waals surface area contributed by atoms with E-state index in [4.69, 9.17) is 33.2 Å². The molecule has 10 nitrogen and oxygen atoms in total. The molecule has 0 saturated carbocycles. The van der Waals surface area contributed by atoms with Gasteiger partial charge in [-0.1, -0.05) is 6.07 Å². The van der Waals surface area contributed by atoms with Crippen molar-refractivity contribution in [3.05, 3.63) is 53.6 Å². The summed E-state index contributed by atoms with van der Waals surface area (Å²) in [6, 6.07) is 8.86. The molecule has 41 heavy (non-hydrogen) atoms. The van der Waals surface area contributed by atoms with E-state index in [0.717, 1.165) is 18.7 Å². The Balaban J connectivity index is 0.00000840. The molecule has 0 aromatic heterocycles. The molecule has 0 spiro atoms. The SMILES string of the molecule is COc1ccc(/C=C/C(=O)OCCCN(C)CCCOC(=O)/C=C/c2cc(OC)c(OC)c(OC)c2)cc1OC.Cl. The normalized spacial score (nSPS) is 10.8. The smallest absolute Gasteiger partial charge is 0.330 e. The minimum atomic E-state index is -0.440. The van der Waals surface area contributed by atoms with E-state index < -0.39 is 11.9 Å². The molecule has 0 radical (unpaired) electrons. The molecule has 0 N–H and O–H groups in total. The van der Waals surface area contributed by atoms with E-state index in [1.54, 1.807) is 50.6 Å². The van der Waals surface area contributed by atoms with Gasteiger partial charge >= 0.3 is 11.9 Å². The third kappa shape index (κ3) is 12.0. The van der Waals surface area contributed by atoms with Crippen molar-refractivity contribution in [2.24, 2.45) is 0 Å². The van der Waals surface area contributed by atoms with Crippen LogP contribution in [0.1, 0.15) is 24.0 Å². The van der Waals surface area contributed by atoms with Gasteiger partial charge in [-0.3, -0.25) is 0 Å². The quantitative estimate of drug-likeness (QED) is 0.146. The molecular weight excluding hydrogens is 554 g/mol. The molecule has 0 aliphatic heterocycles. The third-order valence-corrected chi connectivity index (χ3v) is 5.78. The van der Waals surface area contributed by atoms with Crippen LogP contribution >= 0.6 is 12.4 Å². The van der Waals surface area contributed by atoms with Crippen molar-refractivity contribution in [3.63, 3.8) is 0 Å². The van der Waals surface area contributed by atoms with Crippen LogP contribution in [0.3, 0.4) is 0 Å². The second-order valence-electron chi connectivity index (χ2n) is 8.59. The zero-order valence-electron chi connectivity index (χ0n) is 24.5. The number of halogens is 1. The number of ether oxygens (including phenoxy) is 7. The van der Waals surface area contributed by atoms with Crippen molar-refractivity contribution >= 4 is 36.5 Å². The Kier molecular flexibility index (Phi) is 16.5. The summed E-state index contributed by atoms with van der Waals surface area (Å²) >= 11 is 0. The lowest BCUT2D eigenvalue weighted by molar-refractivity contribution is -0.138. The van der Waals surface area contributed by atoms with Crippen molar-refractivity contribution in [1.29, 1.82) is 0 Å². The first-order valence-corrected chi connectivity index (χ1v) is 12.7. The fourth-order valence-corrected chi connectivity index (χ4v) is 3.71. The molecule has 0 amide bonds. The van der Waals surface area contributed by atoms with Crippen molar-refractivity contribution in [1.82, 2.24) is 4.90 Å². The molecular formula is C30H40ClNO9. The predicted octanol–water partition coefficient (Wildman–Crippen LogP) is 4.68. The first kappa shape index (κ1) is 35.1. The van der Waals surface area contributed by atoms with Crippen molar-refractivity contribution in [2.75, 3.05) is 68.9 Å². The van der Waals surface area contributed by atoms with Crippen LogP contribution in [0, 0.1) is 0 Å². The van der Waals surface area contributed by atoms with Crippen LogP contribution in [0.25, 0.3) is 12.2 Å². The van der Waals surface area contributed by atoms with Crippen LogP contribution in [0.15, 0.2) is 42.5 Å². The molecule has 0 fully saturated rings. The molecule has 0 heterocycles. The average Bonchev–Trinajstić information content (AvgIpc) is 2.98. The van der Waals surface area contributed by atoms with E-state index in [1.807, 2.05) is 13.1 Å². The average molecular weight is 594 g/mol. The maximum atomic E-state index is 12.1. The highest BCUT2D eigenvalue weighted by Gasteiger charge is 2.12. The van der Waals surface area contributed by atoms with Crippen LogP contribution in [-0.2, 0) is 19.1 Å². The molecule has 226 valence electrons. The van der Waals surface area contributed by atoms with Gasteiger partial charge in [-0.25, -0.2) is 9.59 Å². The van der Waals surface area contributed by atoms with Gasteiger partial charge in [-0.05, 0) is 67.4 Å². The lowest BCUT2D eigenvalue weighted by Crippen LogP contribution is -2.23. The van der Waals surface area contributed by atoms with Crippen molar-refractivity contribution < 1.29 is 42.7 Å². The summed E-state index contributed by atoms with van der Waals surface area (Å²) in [6.07, 6.45) is 7.40. The topological polar surface area (TPSA) is 102 Å². The number of rotatable bonds is 17. The van der Waals surface area contributed by atoms with Gasteiger partial charge in [0.2, 0.25) is 5.75 Å². The molecule has 0 unspecified atom stereocenters. The van der Waals surface area contributed by atoms with Crippen LogP contribution in [0.2, 0.25) is 0 Å². The van der Waals surface area contributed by atoms with E-state index in [2.05, 4.69) is 4.90 Å². The Morgan fingerprint density at radius 2 is 1.12 bits per heavy atom. The number of carbonyl (C=O) groups is 2. The molecule has 0 atom stereocenters. The van der Waals surface area contributed by atoms with Gasteiger partial charge in [0.05, 0.1) is 48.8 Å². The van der Waals surface area contributed by atoms with Gasteiger partial charge in [0, 0.05) is 25.2 Å². The lowest BCUT2D eigenvalue weighted by atomic mass is 10.1. The summed E-state index contributed by atoms with van der Waals surface area (Å²) in [5.41, 5.74) is 1.51. The van der Waals surface area contributed by atoms with Crippen LogP contribution in [0.5, 0.6) is 28.7 Å². The largest absolute Gasteiger partial charge is 0.493 e. The zero-order valence-corrected chi connectivity index (χ0v) is 25.3. The number of hydrogen-bond donors (Lipinski definition) is 0. The minimum absolute atomic E-state index is 0. The number of nitrogens with zero attached hydrogens (tertiary/aromatic N) is 1. The first-order chi connectivity index (χ1) is 19.3. The maximum Gasteiger partial charge on any atom is 0.330 e. The molecule has 2 aromatic carbocycles. The Morgan fingerprint density at radius 3 is 1.59 bits per heavy atom. The molecule has 0 aliphatic carbocycles. The van der Waals surface area contributed by atoms with Gasteiger partial charge < -0.3 is 38.1 Å². The lowest BCUT2D eigenvalue weighted by Gasteiger charge is -2.16. The number of benzene rings is 2. The van der Waals surface area contributed by atoms with E-state index in [-0.39, 0.29) is 12.4 Å². The van der Waals surface area contributed by atoms with E-state index >= 15 is 0 Å². The van der Waals surface area contributed by atoms with E-state index in [9.17, 15) is 9.59 Å². The molecule has 2 rings (SSSR count). The molecule has 11 heteroatoms. The summed E-state index contributed by atoms with van der Waals surface area (Å²) in [7, 11) is 9.68. The number of carbonyl (C=O) groups excluding carboxylic acids is 2. The zero-order chi connectivity index (χ0) is 29.3. The summed E-state index contributed by atoms with van der Waals surface area (Å²) in [6.45, 7) is 2.07. The van der Waals surface area contributed by atoms with Crippen LogP contribution in [-0.4, -0.2) is 85.7 Å². The van der Waals surface area contributed by atoms with Crippen LogP contribution < -0.4 is 23.7 Å². The highest BCUT2D eigenvalue weighted by molar-refractivity contribution is 5.88. The number of esters is 2. The second kappa shape index (κ2) is 19.2. The summed E-state index contributed by atoms with van der Waals surface area (Å²) in [4.78, 5) is 26.2. The van der Waals surface area contributed by atoms with Crippen LogP contribution in [0.4, 0.5) is 0 Å². The Bertz CT molecular complexity index is 1140. The van der Waals surface area contributed by atoms with E-state index in [0.29, 0.717) is 60.4 Å². The fraction of sp³-hybridized carbons (Fsp3) is 0.400. The molecule has 0 bridgehead atoms. The predicted molar refractivity (Wildman–Crippen MR) is 160 cm³/mol. The van der Waals surface area contributed by atoms with Gasteiger partial charge in [0.1, 0.15) is 0 Å². The fourth-order valence-electron chi connectivity index (χ4n) is 3.71. The van der Waals surface area contributed by atoms with Gasteiger partial charge in [0.25, 0.3) is 0 Å². The summed E-state index contributed by atoms with van der Waals surface area (Å²) in [5.74, 6) is 1.83. The Labute approximate surface area is 248 Å². The van der Waals surface area contributed by atoms with Crippen molar-refractivity contribution in [3.8, 4) is 28.7 Å². The number of methoxy groups -OCH3 is 5. The van der Waals surface area contributed by atoms with Gasteiger partial charge in [0.15, 0.2) is 23.0 Å². The highest BCUT2D eigenvalue weighted by atomic mass is 35.5. The third-order valence-electron chi connectivity index (χ3n) is 5.78. The summed E-state index contributed by atoms with van der Waals surface area (Å²) in [5, 5.41) is 0. The Hall–Kier alpha value is -3.89. The highest BCUT2D eigenvalue weighted by Crippen LogP contribution is 2.38. The standard InChI is InChI=1S/C30H39NO9.ClH/c1-31(15-7-17-39-28(32)13-10-22-9-12-24(34-2)25(19-22)35-3)16-8-18-40-29(33)14-11-23-20-26(36-4)30(38-6)27(21-23)37-5;/h9-14,19-21H,7-8,15-18H2,1-6H3;1H/b13-10+,14-11+;. The second-order valence-corrected chi connectivity index (χ2v) is 8.59. The molecule has 0 aliphatic rings. The molecule has 2 aromatic rings. The number of hydrogen-bond acceptors (Lipinski definition) is 10. The van der Waals surface area contributed by atoms with E-state index in [1.165, 1.54) is 33.5 Å². The Morgan fingerprint density at radius 1 is 0.659 bits per heavy atom. The summed E-state index contributed by atoms with van der Waals surface area (Å²) < 4.78 is 37.0. The monoisotopic (exact) mass is 593 g/mol. The maximum absolute atomic E-state index is 12.1. The van der Waals surface area contributed by atoms with Gasteiger partial charge in [-0.15, -0.1) is 12.4 Å². The van der Waals surface area contributed by atoms with Crippen molar-refractivity contribution in [2.45, 2.75) is 12.8 Å². The first-order valence-electron chi connectivity index (χ1n) is 12.7. The molecule has 0 saturated heterocycles. The minimum Gasteiger partial charge on any atom is -0.493 e. The van der Waals surface area contributed by atoms with Gasteiger partial charge in [-0.2, -0.15) is 0 Å².